The summed E-state index contributed by atoms with van der Waals surface area (Å²) in [6, 6.07) is 50.5. The van der Waals surface area contributed by atoms with E-state index in [9.17, 15) is 5.26 Å². The predicted octanol–water partition coefficient (Wildman–Crippen LogP) is 11.4. The molecule has 2 heterocycles. The van der Waals surface area contributed by atoms with Crippen LogP contribution in [0.4, 0.5) is 11.4 Å². The standard InChI is InChI=1S/C49H35N5/c1-49(2)41-22-11-9-20-38(41)39-24-25-43-44(45(39)49)40-21-10-12-23-42(40)54(43)37-28-35(34-19-13-14-31(26-34)30-50)27-36(29-37)48-52-46(32-15-5-3-6-16-32)51-47(53-48)33-17-7-4-8-18-33/h3-29,40,42H,1-2H3. The van der Waals surface area contributed by atoms with Crippen LogP contribution in [0.2, 0.25) is 0 Å². The quantitative estimate of drug-likeness (QED) is 0.180. The normalized spacial score (nSPS) is 17.0. The Morgan fingerprint density at radius 3 is 1.93 bits per heavy atom. The van der Waals surface area contributed by atoms with Gasteiger partial charge < -0.3 is 4.90 Å². The lowest BCUT2D eigenvalue weighted by molar-refractivity contribution is 0.642. The molecule has 0 saturated carbocycles. The van der Waals surface area contributed by atoms with Gasteiger partial charge in [0.15, 0.2) is 17.5 Å². The molecule has 3 aliphatic rings. The van der Waals surface area contributed by atoms with Crippen LogP contribution in [0.1, 0.15) is 42.0 Å². The molecule has 0 saturated heterocycles. The van der Waals surface area contributed by atoms with E-state index < -0.39 is 0 Å². The summed E-state index contributed by atoms with van der Waals surface area (Å²) in [7, 11) is 0. The Balaban J connectivity index is 1.21. The molecule has 5 heteroatoms. The molecule has 54 heavy (non-hydrogen) atoms. The maximum absolute atomic E-state index is 9.87. The highest BCUT2D eigenvalue weighted by atomic mass is 15.2. The van der Waals surface area contributed by atoms with E-state index in [1.807, 2.05) is 78.9 Å². The lowest BCUT2D eigenvalue weighted by Gasteiger charge is -2.29. The second-order valence-corrected chi connectivity index (χ2v) is 14.7. The Kier molecular flexibility index (Phi) is 7.28. The molecule has 0 amide bonds. The van der Waals surface area contributed by atoms with Crippen molar-refractivity contribution in [2.75, 3.05) is 4.90 Å². The van der Waals surface area contributed by atoms with Gasteiger partial charge in [-0.05, 0) is 75.3 Å². The van der Waals surface area contributed by atoms with Gasteiger partial charge in [0.2, 0.25) is 0 Å². The molecule has 7 aromatic rings. The van der Waals surface area contributed by atoms with Gasteiger partial charge in [-0.25, -0.2) is 15.0 Å². The van der Waals surface area contributed by atoms with Crippen LogP contribution in [0.5, 0.6) is 0 Å². The summed E-state index contributed by atoms with van der Waals surface area (Å²) in [6.45, 7) is 4.74. The Bertz CT molecular complexity index is 2660. The fourth-order valence-electron chi connectivity index (χ4n) is 8.78. The van der Waals surface area contributed by atoms with Crippen molar-refractivity contribution in [1.29, 1.82) is 5.26 Å². The number of benzene rings is 6. The fraction of sp³-hybridized carbons (Fsp3) is 0.102. The third kappa shape index (κ3) is 5.03. The largest absolute Gasteiger partial charge is 0.333 e. The SMILES string of the molecule is CC1(C)c2ccccc2-c2ccc3c(c21)C1C=CC=CC1N3c1cc(-c2cccc(C#N)c2)cc(-c2nc(-c3ccccc3)nc(-c3ccccc3)n2)c1. The van der Waals surface area contributed by atoms with Crippen molar-refractivity contribution in [2.24, 2.45) is 0 Å². The van der Waals surface area contributed by atoms with Gasteiger partial charge in [0.05, 0.1) is 17.7 Å². The minimum atomic E-state index is -0.149. The van der Waals surface area contributed by atoms with Crippen LogP contribution in [-0.2, 0) is 5.41 Å². The average molecular weight is 694 g/mol. The molecule has 2 aliphatic carbocycles. The molecule has 0 fully saturated rings. The van der Waals surface area contributed by atoms with Crippen LogP contribution in [0, 0.1) is 11.3 Å². The lowest BCUT2D eigenvalue weighted by Crippen LogP contribution is -2.28. The lowest BCUT2D eigenvalue weighted by atomic mass is 9.76. The molecule has 0 N–H and O–H groups in total. The first-order chi connectivity index (χ1) is 26.5. The molecular formula is C49H35N5. The van der Waals surface area contributed by atoms with Gasteiger partial charge in [-0.2, -0.15) is 5.26 Å². The monoisotopic (exact) mass is 693 g/mol. The number of rotatable bonds is 5. The van der Waals surface area contributed by atoms with E-state index >= 15 is 0 Å². The minimum Gasteiger partial charge on any atom is -0.333 e. The molecule has 0 bridgehead atoms. The Labute approximate surface area is 315 Å². The number of aromatic nitrogens is 3. The summed E-state index contributed by atoms with van der Waals surface area (Å²) in [5, 5.41) is 9.87. The van der Waals surface area contributed by atoms with Crippen molar-refractivity contribution in [1.82, 2.24) is 15.0 Å². The highest BCUT2D eigenvalue weighted by molar-refractivity contribution is 5.90. The van der Waals surface area contributed by atoms with Gasteiger partial charge in [-0.15, -0.1) is 0 Å². The molecule has 0 spiro atoms. The van der Waals surface area contributed by atoms with E-state index in [-0.39, 0.29) is 17.4 Å². The fourth-order valence-corrected chi connectivity index (χ4v) is 8.78. The van der Waals surface area contributed by atoms with Gasteiger partial charge in [0.25, 0.3) is 0 Å². The van der Waals surface area contributed by atoms with Crippen molar-refractivity contribution in [2.45, 2.75) is 31.2 Å². The smallest absolute Gasteiger partial charge is 0.164 e. The molecule has 10 rings (SSSR count). The van der Waals surface area contributed by atoms with E-state index in [0.29, 0.717) is 23.0 Å². The van der Waals surface area contributed by atoms with E-state index in [2.05, 4.69) is 110 Å². The van der Waals surface area contributed by atoms with Crippen LogP contribution in [-0.4, -0.2) is 21.0 Å². The highest BCUT2D eigenvalue weighted by Gasteiger charge is 2.46. The number of nitriles is 1. The molecule has 2 atom stereocenters. The summed E-state index contributed by atoms with van der Waals surface area (Å²) < 4.78 is 0. The zero-order valence-corrected chi connectivity index (χ0v) is 30.0. The van der Waals surface area contributed by atoms with E-state index in [1.54, 1.807) is 0 Å². The minimum absolute atomic E-state index is 0.0719. The Hall–Kier alpha value is -6.90. The summed E-state index contributed by atoms with van der Waals surface area (Å²) >= 11 is 0. The van der Waals surface area contributed by atoms with Crippen LogP contribution in [0.3, 0.4) is 0 Å². The van der Waals surface area contributed by atoms with E-state index in [0.717, 1.165) is 33.5 Å². The van der Waals surface area contributed by atoms with Crippen molar-refractivity contribution >= 4 is 11.4 Å². The summed E-state index contributed by atoms with van der Waals surface area (Å²) in [6.07, 6.45) is 9.07. The zero-order chi connectivity index (χ0) is 36.4. The van der Waals surface area contributed by atoms with Crippen molar-refractivity contribution in [3.63, 3.8) is 0 Å². The number of allylic oxidation sites excluding steroid dienone is 2. The van der Waals surface area contributed by atoms with Crippen LogP contribution < -0.4 is 4.90 Å². The van der Waals surface area contributed by atoms with Crippen LogP contribution in [0.25, 0.3) is 56.4 Å². The van der Waals surface area contributed by atoms with E-state index in [1.165, 1.54) is 33.5 Å². The Morgan fingerprint density at radius 1 is 0.574 bits per heavy atom. The average Bonchev–Trinajstić information content (AvgIpc) is 3.69. The molecule has 1 aromatic heterocycles. The summed E-state index contributed by atoms with van der Waals surface area (Å²) in [5.74, 6) is 1.99. The Morgan fingerprint density at radius 2 is 1.20 bits per heavy atom. The maximum Gasteiger partial charge on any atom is 0.164 e. The van der Waals surface area contributed by atoms with E-state index in [4.69, 9.17) is 15.0 Å². The number of anilines is 2. The van der Waals surface area contributed by atoms with Gasteiger partial charge >= 0.3 is 0 Å². The molecule has 256 valence electrons. The first-order valence-electron chi connectivity index (χ1n) is 18.4. The maximum atomic E-state index is 9.87. The van der Waals surface area contributed by atoms with Crippen LogP contribution >= 0.6 is 0 Å². The first kappa shape index (κ1) is 31.8. The van der Waals surface area contributed by atoms with Crippen molar-refractivity contribution in [3.8, 4) is 62.5 Å². The second kappa shape index (κ2) is 12.4. The third-order valence-corrected chi connectivity index (χ3v) is 11.2. The molecule has 0 radical (unpaired) electrons. The second-order valence-electron chi connectivity index (χ2n) is 14.7. The van der Waals surface area contributed by atoms with Crippen molar-refractivity contribution in [3.05, 3.63) is 186 Å². The van der Waals surface area contributed by atoms with Gasteiger partial charge in [-0.1, -0.05) is 141 Å². The molecule has 6 aromatic carbocycles. The number of hydrogen-bond donors (Lipinski definition) is 0. The van der Waals surface area contributed by atoms with Crippen molar-refractivity contribution < 1.29 is 0 Å². The first-order valence-corrected chi connectivity index (χ1v) is 18.4. The number of fused-ring (bicyclic) bond motifs is 7. The topological polar surface area (TPSA) is 65.7 Å². The van der Waals surface area contributed by atoms with Gasteiger partial charge in [0.1, 0.15) is 0 Å². The molecule has 2 unspecified atom stereocenters. The molecule has 5 nitrogen and oxygen atoms in total. The molecule has 1 aliphatic heterocycles. The van der Waals surface area contributed by atoms with Crippen LogP contribution in [0.15, 0.2) is 164 Å². The zero-order valence-electron chi connectivity index (χ0n) is 30.0. The number of hydrogen-bond acceptors (Lipinski definition) is 5. The number of nitrogens with zero attached hydrogens (tertiary/aromatic N) is 5. The highest BCUT2D eigenvalue weighted by Crippen LogP contribution is 2.58. The summed E-state index contributed by atoms with van der Waals surface area (Å²) in [4.78, 5) is 17.7. The molecular weight excluding hydrogens is 659 g/mol. The predicted molar refractivity (Wildman–Crippen MR) is 217 cm³/mol. The van der Waals surface area contributed by atoms with Gasteiger partial charge in [-0.3, -0.25) is 0 Å². The van der Waals surface area contributed by atoms with Gasteiger partial charge in [0, 0.05) is 39.4 Å². The summed E-state index contributed by atoms with van der Waals surface area (Å²) in [5.41, 5.74) is 14.2. The third-order valence-electron chi connectivity index (χ3n) is 11.2.